The van der Waals surface area contributed by atoms with E-state index in [9.17, 15) is 14.7 Å². The molecule has 1 aromatic rings. The highest BCUT2D eigenvalue weighted by atomic mass is 16.3. The van der Waals surface area contributed by atoms with E-state index >= 15 is 0 Å². The van der Waals surface area contributed by atoms with Gasteiger partial charge in [-0.2, -0.15) is 0 Å². The number of amides is 2. The summed E-state index contributed by atoms with van der Waals surface area (Å²) in [6.45, 7) is 3.11. The highest BCUT2D eigenvalue weighted by molar-refractivity contribution is 6.35. The number of benzene rings is 1. The van der Waals surface area contributed by atoms with Crippen molar-refractivity contribution >= 4 is 11.8 Å². The average Bonchev–Trinajstić information content (AvgIpc) is 3.05. The normalized spacial score (nSPS) is 11.1. The fraction of sp³-hybridized carbons (Fsp3) is 0.800. The number of nitrogens with one attached hydrogen (secondary N) is 2. The molecule has 2 amide bonds. The summed E-state index contributed by atoms with van der Waals surface area (Å²) >= 11 is 0. The van der Waals surface area contributed by atoms with E-state index in [2.05, 4.69) is 17.6 Å². The number of carbonyl (C=O) groups excluding carboxylic acids is 2. The number of rotatable bonds is 32. The van der Waals surface area contributed by atoms with Crippen molar-refractivity contribution in [2.24, 2.45) is 0 Å². The van der Waals surface area contributed by atoms with Gasteiger partial charge in [0.15, 0.2) is 0 Å². The largest absolute Gasteiger partial charge is 0.508 e. The molecule has 45 heavy (non-hydrogen) atoms. The van der Waals surface area contributed by atoms with Crippen molar-refractivity contribution in [3.63, 3.8) is 0 Å². The molecule has 0 aliphatic carbocycles. The summed E-state index contributed by atoms with van der Waals surface area (Å²) in [5.74, 6) is -1.01. The van der Waals surface area contributed by atoms with Crippen molar-refractivity contribution in [1.82, 2.24) is 10.6 Å². The third-order valence-electron chi connectivity index (χ3n) is 9.16. The minimum absolute atomic E-state index is 0.180. The first-order valence-electron chi connectivity index (χ1n) is 19.5. The number of unbranched alkanes of at least 4 members (excludes halogenated alkanes) is 28. The predicted molar refractivity (Wildman–Crippen MR) is 193 cm³/mol. The maximum atomic E-state index is 11.9. The molecule has 0 saturated heterocycles. The number of phenols is 1. The lowest BCUT2D eigenvalue weighted by molar-refractivity contribution is -0.139. The Morgan fingerprint density at radius 2 is 0.733 bits per heavy atom. The summed E-state index contributed by atoms with van der Waals surface area (Å²) in [4.78, 5) is 23.8. The summed E-state index contributed by atoms with van der Waals surface area (Å²) in [6, 6.07) is 6.56. The highest BCUT2D eigenvalue weighted by Crippen LogP contribution is 2.16. The summed E-state index contributed by atoms with van der Waals surface area (Å²) in [6.07, 6.45) is 40.2. The molecular formula is C40H72N2O3. The predicted octanol–water partition coefficient (Wildman–Crippen LogP) is 11.5. The van der Waals surface area contributed by atoms with E-state index in [0.717, 1.165) is 18.4 Å². The Kier molecular flexibility index (Phi) is 29.1. The van der Waals surface area contributed by atoms with Crippen LogP contribution >= 0.6 is 0 Å². The van der Waals surface area contributed by atoms with Gasteiger partial charge in [0.05, 0.1) is 0 Å². The molecule has 0 unspecified atom stereocenters. The molecule has 1 rings (SSSR count). The second-order valence-corrected chi connectivity index (χ2v) is 13.5. The standard InChI is InChI=1S/C40H72N2O3/c1-2-3-4-5-6-7-8-9-10-11-12-13-14-15-16-17-18-19-20-21-22-23-24-25-26-27-28-29-30-35-41-39(44)40(45)42-36-37-31-33-38(43)34-32-37/h31-34,43H,2-30,35-36H2,1H3,(H,41,44)(H,42,45). The molecule has 260 valence electrons. The maximum Gasteiger partial charge on any atom is 0.309 e. The SMILES string of the molecule is CCCCCCCCCCCCCCCCCCCCCCCCCCCCCCCNC(=O)C(=O)NCc1ccc(O)cc1. The lowest BCUT2D eigenvalue weighted by Gasteiger charge is -2.07. The van der Waals surface area contributed by atoms with Crippen molar-refractivity contribution in [2.75, 3.05) is 6.54 Å². The van der Waals surface area contributed by atoms with E-state index in [1.165, 1.54) is 173 Å². The zero-order valence-electron chi connectivity index (χ0n) is 29.5. The van der Waals surface area contributed by atoms with E-state index in [0.29, 0.717) is 6.54 Å². The van der Waals surface area contributed by atoms with Gasteiger partial charge in [-0.25, -0.2) is 0 Å². The molecule has 3 N–H and O–H groups in total. The molecular weight excluding hydrogens is 556 g/mol. The Morgan fingerprint density at radius 1 is 0.444 bits per heavy atom. The monoisotopic (exact) mass is 629 g/mol. The Morgan fingerprint density at radius 3 is 1.07 bits per heavy atom. The van der Waals surface area contributed by atoms with Gasteiger partial charge in [-0.1, -0.05) is 199 Å². The van der Waals surface area contributed by atoms with Gasteiger partial charge in [0.2, 0.25) is 0 Å². The first kappa shape index (κ1) is 41.0. The van der Waals surface area contributed by atoms with Crippen molar-refractivity contribution in [3.8, 4) is 5.75 Å². The minimum Gasteiger partial charge on any atom is -0.508 e. The zero-order valence-corrected chi connectivity index (χ0v) is 29.5. The molecule has 0 heterocycles. The van der Waals surface area contributed by atoms with E-state index < -0.39 is 11.8 Å². The highest BCUT2D eigenvalue weighted by Gasteiger charge is 2.12. The number of phenolic OH excluding ortho intramolecular Hbond substituents is 1. The smallest absolute Gasteiger partial charge is 0.309 e. The molecule has 5 nitrogen and oxygen atoms in total. The van der Waals surface area contributed by atoms with Crippen molar-refractivity contribution in [3.05, 3.63) is 29.8 Å². The van der Waals surface area contributed by atoms with Gasteiger partial charge in [0.25, 0.3) is 0 Å². The first-order chi connectivity index (χ1) is 22.1. The van der Waals surface area contributed by atoms with Crippen LogP contribution in [0.3, 0.4) is 0 Å². The van der Waals surface area contributed by atoms with E-state index in [1.54, 1.807) is 24.3 Å². The summed E-state index contributed by atoms with van der Waals surface area (Å²) in [7, 11) is 0. The van der Waals surface area contributed by atoms with Gasteiger partial charge < -0.3 is 15.7 Å². The van der Waals surface area contributed by atoms with E-state index in [1.807, 2.05) is 0 Å². The summed E-state index contributed by atoms with van der Waals surface area (Å²) in [5.41, 5.74) is 0.838. The number of aromatic hydroxyl groups is 1. The minimum atomic E-state index is -0.613. The van der Waals surface area contributed by atoms with Crippen LogP contribution in [-0.4, -0.2) is 23.5 Å². The van der Waals surface area contributed by atoms with Crippen LogP contribution in [0.15, 0.2) is 24.3 Å². The average molecular weight is 629 g/mol. The van der Waals surface area contributed by atoms with Crippen LogP contribution in [-0.2, 0) is 16.1 Å². The van der Waals surface area contributed by atoms with Crippen LogP contribution in [0, 0.1) is 0 Å². The molecule has 1 aromatic carbocycles. The Hall–Kier alpha value is -2.04. The Bertz CT molecular complexity index is 795. The zero-order chi connectivity index (χ0) is 32.5. The molecule has 5 heteroatoms. The fourth-order valence-electron chi connectivity index (χ4n) is 6.13. The third kappa shape index (κ3) is 28.0. The van der Waals surface area contributed by atoms with Gasteiger partial charge in [-0.05, 0) is 24.1 Å². The van der Waals surface area contributed by atoms with Gasteiger partial charge in [-0.15, -0.1) is 0 Å². The lowest BCUT2D eigenvalue weighted by Crippen LogP contribution is -2.39. The van der Waals surface area contributed by atoms with Crippen molar-refractivity contribution in [2.45, 2.75) is 200 Å². The van der Waals surface area contributed by atoms with Crippen molar-refractivity contribution in [1.29, 1.82) is 0 Å². The topological polar surface area (TPSA) is 78.4 Å². The lowest BCUT2D eigenvalue weighted by atomic mass is 10.0. The van der Waals surface area contributed by atoms with Crippen LogP contribution in [0.5, 0.6) is 5.75 Å². The van der Waals surface area contributed by atoms with E-state index in [-0.39, 0.29) is 12.3 Å². The second kappa shape index (κ2) is 31.9. The number of hydrogen-bond donors (Lipinski definition) is 3. The maximum absolute atomic E-state index is 11.9. The van der Waals surface area contributed by atoms with Crippen molar-refractivity contribution < 1.29 is 14.7 Å². The molecule has 0 saturated carbocycles. The van der Waals surface area contributed by atoms with Crippen LogP contribution < -0.4 is 10.6 Å². The van der Waals surface area contributed by atoms with Gasteiger partial charge >= 0.3 is 11.8 Å². The van der Waals surface area contributed by atoms with Crippen LogP contribution in [0.2, 0.25) is 0 Å². The first-order valence-corrected chi connectivity index (χ1v) is 19.5. The van der Waals surface area contributed by atoms with Crippen LogP contribution in [0.1, 0.15) is 199 Å². The number of hydrogen-bond acceptors (Lipinski definition) is 3. The third-order valence-corrected chi connectivity index (χ3v) is 9.16. The Balaban J connectivity index is 1.70. The molecule has 0 aromatic heterocycles. The fourth-order valence-corrected chi connectivity index (χ4v) is 6.13. The van der Waals surface area contributed by atoms with E-state index in [4.69, 9.17) is 0 Å². The number of carbonyl (C=O) groups is 2. The quantitative estimate of drug-likeness (QED) is 0.0548. The second-order valence-electron chi connectivity index (χ2n) is 13.5. The van der Waals surface area contributed by atoms with Gasteiger partial charge in [0.1, 0.15) is 5.75 Å². The van der Waals surface area contributed by atoms with Crippen LogP contribution in [0.25, 0.3) is 0 Å². The summed E-state index contributed by atoms with van der Waals surface area (Å²) in [5, 5.41) is 14.6. The molecule has 0 fully saturated rings. The van der Waals surface area contributed by atoms with Gasteiger partial charge in [0, 0.05) is 13.1 Å². The molecule has 0 radical (unpaired) electrons. The molecule has 0 atom stereocenters. The molecule has 0 bridgehead atoms. The molecule has 0 aliphatic rings. The van der Waals surface area contributed by atoms with Gasteiger partial charge in [-0.3, -0.25) is 9.59 Å². The van der Waals surface area contributed by atoms with Crippen LogP contribution in [0.4, 0.5) is 0 Å². The summed E-state index contributed by atoms with van der Waals surface area (Å²) < 4.78 is 0. The Labute approximate surface area is 278 Å². The molecule has 0 spiro atoms. The molecule has 0 aliphatic heterocycles.